The maximum absolute atomic E-state index is 5.39. The van der Waals surface area contributed by atoms with Gasteiger partial charge in [-0.2, -0.15) is 0 Å². The van der Waals surface area contributed by atoms with Crippen LogP contribution in [-0.4, -0.2) is 14.1 Å². The minimum atomic E-state index is 0.938. The number of pyridine rings is 1. The van der Waals surface area contributed by atoms with Crippen LogP contribution in [0.3, 0.4) is 0 Å². The largest absolute Gasteiger partial charge is 0.309 e. The van der Waals surface area contributed by atoms with Gasteiger partial charge in [-0.25, -0.2) is 4.98 Å². The molecule has 3 heteroatoms. The molecule has 70 heavy (non-hydrogen) atoms. The lowest BCUT2D eigenvalue weighted by atomic mass is 9.97. The number of benzene rings is 9. The molecule has 0 aliphatic heterocycles. The molecule has 3 nitrogen and oxygen atoms in total. The van der Waals surface area contributed by atoms with Crippen molar-refractivity contribution in [3.63, 3.8) is 0 Å². The van der Waals surface area contributed by atoms with Crippen LogP contribution >= 0.6 is 0 Å². The molecule has 12 aromatic rings. The number of rotatable bonds is 6. The molecule has 3 heterocycles. The molecule has 0 fully saturated rings. The van der Waals surface area contributed by atoms with Crippen LogP contribution in [0.15, 0.2) is 243 Å². The van der Waals surface area contributed by atoms with Crippen molar-refractivity contribution in [1.82, 2.24) is 14.1 Å². The van der Waals surface area contributed by atoms with Crippen molar-refractivity contribution in [2.45, 2.75) is 41.5 Å². The summed E-state index contributed by atoms with van der Waals surface area (Å²) in [4.78, 5) is 5.39. The van der Waals surface area contributed by atoms with Crippen LogP contribution in [0.1, 0.15) is 37.5 Å². The zero-order valence-corrected chi connectivity index (χ0v) is 41.1. The summed E-state index contributed by atoms with van der Waals surface area (Å²) in [5.41, 5.74) is 19.9. The summed E-state index contributed by atoms with van der Waals surface area (Å²) in [6, 6.07) is 82.5. The van der Waals surface area contributed by atoms with E-state index in [-0.39, 0.29) is 0 Å². The SMILES string of the molecule is C=CC.CC.Cc1ccc(-c2cc(-c3cccc(-n4c5ccccc5c5ccccc54)c3)nc(-c3cccc(-n4c5ccccc5c5ccccc54)c3)c2)cc1.Cc1ccccc1-c1ccccc1C. The molecule has 342 valence electrons. The molecular formula is C67H59N3. The van der Waals surface area contributed by atoms with Crippen LogP contribution in [0, 0.1) is 20.8 Å². The molecular weight excluding hydrogens is 847 g/mol. The van der Waals surface area contributed by atoms with Gasteiger partial charge in [-0.05, 0) is 122 Å². The molecule has 9 aromatic carbocycles. The van der Waals surface area contributed by atoms with Gasteiger partial charge in [0.05, 0.1) is 33.5 Å². The molecule has 12 rings (SSSR count). The molecule has 0 aliphatic carbocycles. The quantitative estimate of drug-likeness (QED) is 0.152. The first-order chi connectivity index (χ1) is 34.4. The second kappa shape index (κ2) is 21.2. The normalized spacial score (nSPS) is 10.8. The zero-order valence-electron chi connectivity index (χ0n) is 41.1. The van der Waals surface area contributed by atoms with E-state index < -0.39 is 0 Å². The fraction of sp³-hybridized carbons (Fsp3) is 0.0896. The fourth-order valence-electron chi connectivity index (χ4n) is 9.50. The van der Waals surface area contributed by atoms with Crippen LogP contribution in [0.4, 0.5) is 0 Å². The minimum Gasteiger partial charge on any atom is -0.309 e. The molecule has 0 amide bonds. The van der Waals surface area contributed by atoms with Crippen molar-refractivity contribution in [3.8, 4) is 56.1 Å². The van der Waals surface area contributed by atoms with Gasteiger partial charge in [0, 0.05) is 44.0 Å². The highest BCUT2D eigenvalue weighted by atomic mass is 15.0. The monoisotopic (exact) mass is 905 g/mol. The summed E-state index contributed by atoms with van der Waals surface area (Å²) in [5, 5.41) is 5.01. The Morgan fingerprint density at radius 2 is 0.700 bits per heavy atom. The van der Waals surface area contributed by atoms with Gasteiger partial charge in [0.15, 0.2) is 0 Å². The van der Waals surface area contributed by atoms with Gasteiger partial charge in [-0.1, -0.05) is 195 Å². The van der Waals surface area contributed by atoms with Gasteiger partial charge in [0.1, 0.15) is 0 Å². The number of nitrogens with zero attached hydrogens (tertiary/aromatic N) is 3. The first-order valence-electron chi connectivity index (χ1n) is 24.4. The smallest absolute Gasteiger partial charge is 0.0716 e. The lowest BCUT2D eigenvalue weighted by Gasteiger charge is -2.14. The van der Waals surface area contributed by atoms with Gasteiger partial charge >= 0.3 is 0 Å². The number of hydrogen-bond acceptors (Lipinski definition) is 1. The Morgan fingerprint density at radius 3 is 1.07 bits per heavy atom. The molecule has 0 aliphatic rings. The molecule has 0 saturated heterocycles. The average molecular weight is 906 g/mol. The minimum absolute atomic E-state index is 0.938. The second-order valence-electron chi connectivity index (χ2n) is 17.4. The van der Waals surface area contributed by atoms with E-state index in [4.69, 9.17) is 4.98 Å². The Morgan fingerprint density at radius 1 is 0.357 bits per heavy atom. The first kappa shape index (κ1) is 46.6. The third-order valence-corrected chi connectivity index (χ3v) is 12.8. The van der Waals surface area contributed by atoms with Crippen LogP contribution in [0.25, 0.3) is 99.8 Å². The van der Waals surface area contributed by atoms with Gasteiger partial charge in [0.2, 0.25) is 0 Å². The summed E-state index contributed by atoms with van der Waals surface area (Å²) >= 11 is 0. The van der Waals surface area contributed by atoms with Crippen LogP contribution in [-0.2, 0) is 0 Å². The Kier molecular flexibility index (Phi) is 14.1. The number of para-hydroxylation sites is 4. The number of allylic oxidation sites excluding steroid dienone is 1. The van der Waals surface area contributed by atoms with E-state index in [1.165, 1.54) is 77.0 Å². The number of fused-ring (bicyclic) bond motifs is 6. The van der Waals surface area contributed by atoms with Gasteiger partial charge in [-0.3, -0.25) is 0 Å². The van der Waals surface area contributed by atoms with E-state index in [2.05, 4.69) is 267 Å². The lowest BCUT2D eigenvalue weighted by Crippen LogP contribution is -1.97. The van der Waals surface area contributed by atoms with E-state index in [9.17, 15) is 0 Å². The van der Waals surface area contributed by atoms with E-state index in [0.717, 1.165) is 39.5 Å². The summed E-state index contributed by atoms with van der Waals surface area (Å²) in [6.45, 7) is 15.7. The van der Waals surface area contributed by atoms with Crippen molar-refractivity contribution in [2.24, 2.45) is 0 Å². The molecule has 0 atom stereocenters. The van der Waals surface area contributed by atoms with Crippen LogP contribution in [0.2, 0.25) is 0 Å². The summed E-state index contributed by atoms with van der Waals surface area (Å²) < 4.78 is 4.74. The molecule has 0 radical (unpaired) electrons. The average Bonchev–Trinajstić information content (AvgIpc) is 3.93. The Balaban J connectivity index is 0.000000271. The third-order valence-electron chi connectivity index (χ3n) is 12.8. The molecule has 0 saturated carbocycles. The maximum atomic E-state index is 5.39. The standard InChI is InChI=1S/C48H33N3.C14H14.C3H6.C2H6/c1-32-24-26-33(27-25-32)36-30-43(34-12-10-14-37(28-34)50-45-20-6-2-16-39(45)40-17-3-7-21-46(40)50)49-44(31-36)35-13-11-15-38(29-35)51-47-22-8-4-18-41(47)42-19-5-9-23-48(42)51;1-11-7-3-5-9-13(11)14-10-6-4-8-12(14)2;1-3-2;1-2/h2-31H,1H3;3-10H,1-2H3;3H,1H2,2H3;1-2H3. The number of aryl methyl sites for hydroxylation is 3. The van der Waals surface area contributed by atoms with Gasteiger partial charge in [-0.15, -0.1) is 6.58 Å². The topological polar surface area (TPSA) is 22.8 Å². The lowest BCUT2D eigenvalue weighted by molar-refractivity contribution is 1.17. The number of hydrogen-bond donors (Lipinski definition) is 0. The highest BCUT2D eigenvalue weighted by Crippen LogP contribution is 2.37. The summed E-state index contributed by atoms with van der Waals surface area (Å²) in [7, 11) is 0. The van der Waals surface area contributed by atoms with Gasteiger partial charge < -0.3 is 9.13 Å². The predicted molar refractivity (Wildman–Crippen MR) is 303 cm³/mol. The Hall–Kier alpha value is -8.53. The van der Waals surface area contributed by atoms with Crippen LogP contribution in [0.5, 0.6) is 0 Å². The molecule has 0 unspecified atom stereocenters. The van der Waals surface area contributed by atoms with Crippen molar-refractivity contribution in [2.75, 3.05) is 0 Å². The predicted octanol–water partition coefficient (Wildman–Crippen LogP) is 18.8. The summed E-state index contributed by atoms with van der Waals surface area (Å²) in [5.74, 6) is 0. The van der Waals surface area contributed by atoms with Crippen molar-refractivity contribution >= 4 is 43.6 Å². The molecule has 0 bridgehead atoms. The third kappa shape index (κ3) is 9.35. The van der Waals surface area contributed by atoms with Crippen molar-refractivity contribution in [3.05, 3.63) is 260 Å². The van der Waals surface area contributed by atoms with Crippen molar-refractivity contribution in [1.29, 1.82) is 0 Å². The molecule has 0 spiro atoms. The van der Waals surface area contributed by atoms with E-state index in [1.807, 2.05) is 20.8 Å². The summed E-state index contributed by atoms with van der Waals surface area (Å²) in [6.07, 6.45) is 1.75. The Bertz CT molecular complexity index is 3430. The van der Waals surface area contributed by atoms with E-state index >= 15 is 0 Å². The van der Waals surface area contributed by atoms with Crippen molar-refractivity contribution < 1.29 is 0 Å². The van der Waals surface area contributed by atoms with Crippen LogP contribution < -0.4 is 0 Å². The highest BCUT2D eigenvalue weighted by molar-refractivity contribution is 6.10. The molecule has 0 N–H and O–H groups in total. The highest BCUT2D eigenvalue weighted by Gasteiger charge is 2.16. The van der Waals surface area contributed by atoms with Gasteiger partial charge in [0.25, 0.3) is 0 Å². The number of aromatic nitrogens is 3. The fourth-order valence-corrected chi connectivity index (χ4v) is 9.50. The Labute approximate surface area is 413 Å². The first-order valence-corrected chi connectivity index (χ1v) is 24.4. The second-order valence-corrected chi connectivity index (χ2v) is 17.4. The molecule has 3 aromatic heterocycles. The van der Waals surface area contributed by atoms with E-state index in [1.54, 1.807) is 6.08 Å². The van der Waals surface area contributed by atoms with E-state index in [0.29, 0.717) is 0 Å². The zero-order chi connectivity index (χ0) is 48.6. The maximum Gasteiger partial charge on any atom is 0.0716 e.